The normalized spacial score (nSPS) is 11.4. The van der Waals surface area contributed by atoms with E-state index in [4.69, 9.17) is 9.47 Å². The molecule has 29 heavy (non-hydrogen) atoms. The molecule has 2 N–H and O–H groups in total. The lowest BCUT2D eigenvalue weighted by molar-refractivity contribution is -0.0498. The first-order chi connectivity index (χ1) is 14.1. The highest BCUT2D eigenvalue weighted by Gasteiger charge is 2.05. The molecule has 0 bridgehead atoms. The van der Waals surface area contributed by atoms with Gasteiger partial charge in [-0.25, -0.2) is 4.99 Å². The van der Waals surface area contributed by atoms with E-state index in [9.17, 15) is 8.78 Å². The molecule has 0 aromatic heterocycles. The van der Waals surface area contributed by atoms with Crippen molar-refractivity contribution in [1.29, 1.82) is 0 Å². The van der Waals surface area contributed by atoms with Crippen molar-refractivity contribution in [2.24, 2.45) is 4.99 Å². The maximum absolute atomic E-state index is 12.4. The third-order valence-corrected chi connectivity index (χ3v) is 3.75. The zero-order valence-electron chi connectivity index (χ0n) is 16.7. The number of halogens is 2. The summed E-state index contributed by atoms with van der Waals surface area (Å²) in [6, 6.07) is 14.1. The molecular weight excluding hydrogens is 380 g/mol. The number of benzene rings is 2. The van der Waals surface area contributed by atoms with Crippen LogP contribution in [-0.4, -0.2) is 39.4 Å². The second-order valence-corrected chi connectivity index (χ2v) is 6.07. The molecule has 0 radical (unpaired) electrons. The lowest BCUT2D eigenvalue weighted by atomic mass is 10.2. The minimum atomic E-state index is -2.85. The predicted octanol–water partition coefficient (Wildman–Crippen LogP) is 4.28. The average Bonchev–Trinajstić information content (AvgIpc) is 2.70. The van der Waals surface area contributed by atoms with Crippen LogP contribution < -0.4 is 20.1 Å². The number of alkyl halides is 2. The zero-order chi connectivity index (χ0) is 20.9. The minimum Gasteiger partial charge on any atom is -0.493 e. The van der Waals surface area contributed by atoms with Gasteiger partial charge in [-0.2, -0.15) is 8.78 Å². The van der Waals surface area contributed by atoms with Gasteiger partial charge in [-0.05, 0) is 36.8 Å². The Hall–Kier alpha value is -2.87. The van der Waals surface area contributed by atoms with E-state index in [2.05, 4.69) is 20.4 Å². The predicted molar refractivity (Wildman–Crippen MR) is 110 cm³/mol. The van der Waals surface area contributed by atoms with Gasteiger partial charge >= 0.3 is 6.61 Å². The number of hydrogen-bond donors (Lipinski definition) is 2. The Labute approximate surface area is 169 Å². The molecule has 0 saturated carbocycles. The molecule has 0 amide bonds. The van der Waals surface area contributed by atoms with Crippen molar-refractivity contribution in [2.45, 2.75) is 26.5 Å². The Kier molecular flexibility index (Phi) is 9.71. The second kappa shape index (κ2) is 12.6. The van der Waals surface area contributed by atoms with Gasteiger partial charge in [0.25, 0.3) is 0 Å². The fraction of sp³-hybridized carbons (Fsp3) is 0.381. The molecule has 0 atom stereocenters. The van der Waals surface area contributed by atoms with Crippen LogP contribution in [0, 0.1) is 0 Å². The van der Waals surface area contributed by atoms with Crippen LogP contribution in [0.5, 0.6) is 11.5 Å². The van der Waals surface area contributed by atoms with Crippen LogP contribution >= 0.6 is 0 Å². The van der Waals surface area contributed by atoms with Gasteiger partial charge in [-0.3, -0.25) is 0 Å². The molecule has 158 valence electrons. The molecule has 6 nitrogen and oxygen atoms in total. The Morgan fingerprint density at radius 1 is 1.07 bits per heavy atom. The molecule has 0 aliphatic rings. The largest absolute Gasteiger partial charge is 0.493 e. The molecule has 0 saturated heterocycles. The third kappa shape index (κ3) is 8.78. The van der Waals surface area contributed by atoms with E-state index in [0.717, 1.165) is 23.4 Å². The van der Waals surface area contributed by atoms with Crippen LogP contribution in [-0.2, 0) is 11.3 Å². The first-order valence-corrected chi connectivity index (χ1v) is 9.41. The number of nitrogens with one attached hydrogen (secondary N) is 2. The van der Waals surface area contributed by atoms with Gasteiger partial charge in [0.1, 0.15) is 11.5 Å². The molecule has 0 unspecified atom stereocenters. The fourth-order valence-electron chi connectivity index (χ4n) is 2.49. The zero-order valence-corrected chi connectivity index (χ0v) is 16.7. The van der Waals surface area contributed by atoms with E-state index in [1.807, 2.05) is 31.2 Å². The molecule has 2 aromatic carbocycles. The van der Waals surface area contributed by atoms with Crippen molar-refractivity contribution in [1.82, 2.24) is 5.32 Å². The van der Waals surface area contributed by atoms with E-state index in [0.29, 0.717) is 32.3 Å². The number of nitrogens with zero attached hydrogens (tertiary/aromatic N) is 1. The van der Waals surface area contributed by atoms with Crippen molar-refractivity contribution < 1.29 is 23.0 Å². The van der Waals surface area contributed by atoms with Gasteiger partial charge < -0.3 is 24.8 Å². The summed E-state index contributed by atoms with van der Waals surface area (Å²) in [6.45, 7) is 1.32. The number of hydrogen-bond acceptors (Lipinski definition) is 4. The van der Waals surface area contributed by atoms with Crippen molar-refractivity contribution in [3.05, 3.63) is 54.1 Å². The second-order valence-electron chi connectivity index (χ2n) is 6.07. The van der Waals surface area contributed by atoms with Gasteiger partial charge in [-0.15, -0.1) is 0 Å². The van der Waals surface area contributed by atoms with E-state index >= 15 is 0 Å². The van der Waals surface area contributed by atoms with Gasteiger partial charge in [-0.1, -0.05) is 18.2 Å². The highest BCUT2D eigenvalue weighted by atomic mass is 19.3. The first-order valence-electron chi connectivity index (χ1n) is 9.41. The SMILES string of the molecule is CCNC(=NCc1cccc(OC(F)F)c1)Nc1cccc(OCCCOC)c1. The van der Waals surface area contributed by atoms with E-state index in [1.54, 1.807) is 25.3 Å². The van der Waals surface area contributed by atoms with Gasteiger partial charge in [0.15, 0.2) is 5.96 Å². The van der Waals surface area contributed by atoms with Gasteiger partial charge in [0, 0.05) is 38.4 Å². The van der Waals surface area contributed by atoms with Crippen LogP contribution in [0.1, 0.15) is 18.9 Å². The standard InChI is InChI=1S/C21H27F2N3O3/c1-3-24-21(25-15-16-7-4-10-19(13-16)29-20(22)23)26-17-8-5-9-18(14-17)28-12-6-11-27-2/h4-5,7-10,13-14,20H,3,6,11-12,15H2,1-2H3,(H2,24,25,26). The Morgan fingerprint density at radius 3 is 2.62 bits per heavy atom. The van der Waals surface area contributed by atoms with Crippen LogP contribution in [0.2, 0.25) is 0 Å². The highest BCUT2D eigenvalue weighted by molar-refractivity contribution is 5.93. The maximum atomic E-state index is 12.4. The fourth-order valence-corrected chi connectivity index (χ4v) is 2.49. The topological polar surface area (TPSA) is 64.1 Å². The average molecular weight is 407 g/mol. The smallest absolute Gasteiger partial charge is 0.387 e. The molecule has 0 aliphatic carbocycles. The molecule has 0 aliphatic heterocycles. The molecule has 2 rings (SSSR count). The van der Waals surface area contributed by atoms with Crippen molar-refractivity contribution in [3.8, 4) is 11.5 Å². The maximum Gasteiger partial charge on any atom is 0.387 e. The Morgan fingerprint density at radius 2 is 1.86 bits per heavy atom. The van der Waals surface area contributed by atoms with E-state index in [-0.39, 0.29) is 5.75 Å². The summed E-state index contributed by atoms with van der Waals surface area (Å²) in [5.74, 6) is 1.44. The molecule has 0 spiro atoms. The molecule has 0 heterocycles. The lowest BCUT2D eigenvalue weighted by Crippen LogP contribution is -2.30. The third-order valence-electron chi connectivity index (χ3n) is 3.75. The van der Waals surface area contributed by atoms with Gasteiger partial charge in [0.05, 0.1) is 13.2 Å². The summed E-state index contributed by atoms with van der Waals surface area (Å²) in [5, 5.41) is 6.38. The minimum absolute atomic E-state index is 0.115. The molecule has 8 heteroatoms. The first kappa shape index (κ1) is 22.4. The number of anilines is 1. The lowest BCUT2D eigenvalue weighted by Gasteiger charge is -2.13. The summed E-state index contributed by atoms with van der Waals surface area (Å²) < 4.78 is 39.9. The molecule has 2 aromatic rings. The molecule has 0 fully saturated rings. The van der Waals surface area contributed by atoms with Crippen LogP contribution in [0.3, 0.4) is 0 Å². The number of rotatable bonds is 11. The number of methoxy groups -OCH3 is 1. The van der Waals surface area contributed by atoms with Gasteiger partial charge in [0.2, 0.25) is 0 Å². The number of aliphatic imine (C=N–C) groups is 1. The van der Waals surface area contributed by atoms with E-state index in [1.165, 1.54) is 6.07 Å². The number of guanidine groups is 1. The van der Waals surface area contributed by atoms with Crippen LogP contribution in [0.15, 0.2) is 53.5 Å². The highest BCUT2D eigenvalue weighted by Crippen LogP contribution is 2.18. The Balaban J connectivity index is 2.00. The number of ether oxygens (including phenoxy) is 3. The summed E-state index contributed by atoms with van der Waals surface area (Å²) in [5.41, 5.74) is 1.58. The van der Waals surface area contributed by atoms with Crippen molar-refractivity contribution in [3.63, 3.8) is 0 Å². The Bertz CT molecular complexity index is 772. The molecular formula is C21H27F2N3O3. The van der Waals surface area contributed by atoms with Crippen LogP contribution in [0.4, 0.5) is 14.5 Å². The summed E-state index contributed by atoms with van der Waals surface area (Å²) >= 11 is 0. The quantitative estimate of drug-likeness (QED) is 0.331. The van der Waals surface area contributed by atoms with E-state index < -0.39 is 6.61 Å². The summed E-state index contributed by atoms with van der Waals surface area (Å²) in [4.78, 5) is 4.51. The van der Waals surface area contributed by atoms with Crippen molar-refractivity contribution in [2.75, 3.05) is 32.2 Å². The van der Waals surface area contributed by atoms with Crippen molar-refractivity contribution >= 4 is 11.6 Å². The summed E-state index contributed by atoms with van der Waals surface area (Å²) in [6.07, 6.45) is 0.812. The monoisotopic (exact) mass is 407 g/mol. The summed E-state index contributed by atoms with van der Waals surface area (Å²) in [7, 11) is 1.66. The van der Waals surface area contributed by atoms with Crippen LogP contribution in [0.25, 0.3) is 0 Å².